The van der Waals surface area contributed by atoms with E-state index >= 15 is 0 Å². The number of para-hydroxylation sites is 2. The van der Waals surface area contributed by atoms with Gasteiger partial charge in [0.15, 0.2) is 6.61 Å². The molecule has 1 unspecified atom stereocenters. The van der Waals surface area contributed by atoms with Gasteiger partial charge in [0.2, 0.25) is 0 Å². The van der Waals surface area contributed by atoms with Crippen LogP contribution in [0.2, 0.25) is 5.02 Å². The number of ether oxygens (including phenoxy) is 1. The normalized spacial score (nSPS) is 11.9. The predicted molar refractivity (Wildman–Crippen MR) is 147 cm³/mol. The minimum absolute atomic E-state index is 0.00135. The maximum absolute atomic E-state index is 13.4. The first-order valence-corrected chi connectivity index (χ1v) is 13.5. The van der Waals surface area contributed by atoms with Crippen LogP contribution in [-0.4, -0.2) is 33.4 Å². The van der Waals surface area contributed by atoms with Gasteiger partial charge in [-0.3, -0.25) is 9.10 Å². The maximum atomic E-state index is 13.4. The standard InChI is InChI=1S/C28H29ClN2O5S/c1-4-17-31(21-11-7-6-8-12-21)37(34,35)22-15-16-25(29)24(18-22)28(33)36-19-27(32)30-26-14-10-9-13-23(26)20(3)5-2/h4,6-16,18,20H,1,5,17,19H2,2-3H3,(H,30,32). The van der Waals surface area contributed by atoms with Gasteiger partial charge in [0, 0.05) is 5.69 Å². The van der Waals surface area contributed by atoms with Crippen molar-refractivity contribution in [2.45, 2.75) is 31.1 Å². The first-order chi connectivity index (χ1) is 17.7. The van der Waals surface area contributed by atoms with Crippen molar-refractivity contribution in [3.63, 3.8) is 0 Å². The van der Waals surface area contributed by atoms with Crippen LogP contribution in [0.25, 0.3) is 0 Å². The number of amides is 1. The summed E-state index contributed by atoms with van der Waals surface area (Å²) in [5.41, 5.74) is 1.90. The second kappa shape index (κ2) is 12.6. The quantitative estimate of drug-likeness (QED) is 0.237. The highest BCUT2D eigenvalue weighted by Crippen LogP contribution is 2.28. The Morgan fingerprint density at radius 2 is 1.76 bits per heavy atom. The lowest BCUT2D eigenvalue weighted by Gasteiger charge is -2.23. The van der Waals surface area contributed by atoms with Crippen LogP contribution in [0.5, 0.6) is 0 Å². The Morgan fingerprint density at radius 1 is 1.08 bits per heavy atom. The van der Waals surface area contributed by atoms with Gasteiger partial charge in [0.25, 0.3) is 15.9 Å². The Hall–Kier alpha value is -3.62. The third kappa shape index (κ3) is 6.78. The lowest BCUT2D eigenvalue weighted by molar-refractivity contribution is -0.119. The summed E-state index contributed by atoms with van der Waals surface area (Å²) in [6, 6.07) is 19.7. The number of esters is 1. The fourth-order valence-electron chi connectivity index (χ4n) is 3.66. The van der Waals surface area contributed by atoms with E-state index in [-0.39, 0.29) is 27.9 Å². The highest BCUT2D eigenvalue weighted by Gasteiger charge is 2.26. The van der Waals surface area contributed by atoms with Crippen molar-refractivity contribution in [3.05, 3.63) is 102 Å². The average Bonchev–Trinajstić information content (AvgIpc) is 2.90. The van der Waals surface area contributed by atoms with Gasteiger partial charge < -0.3 is 10.1 Å². The largest absolute Gasteiger partial charge is 0.452 e. The number of rotatable bonds is 11. The Kier molecular flexibility index (Phi) is 9.49. The molecule has 0 heterocycles. The van der Waals surface area contributed by atoms with E-state index in [4.69, 9.17) is 16.3 Å². The van der Waals surface area contributed by atoms with E-state index < -0.39 is 28.5 Å². The van der Waals surface area contributed by atoms with E-state index in [0.29, 0.717) is 11.4 Å². The Bertz CT molecular complexity index is 1380. The summed E-state index contributed by atoms with van der Waals surface area (Å²) in [5.74, 6) is -1.20. The van der Waals surface area contributed by atoms with Crippen LogP contribution in [-0.2, 0) is 19.6 Å². The smallest absolute Gasteiger partial charge is 0.340 e. The molecular formula is C28H29ClN2O5S. The molecule has 1 N–H and O–H groups in total. The van der Waals surface area contributed by atoms with E-state index in [1.54, 1.807) is 36.4 Å². The number of carbonyl (C=O) groups is 2. The zero-order valence-electron chi connectivity index (χ0n) is 20.7. The van der Waals surface area contributed by atoms with Gasteiger partial charge in [0.05, 0.1) is 27.7 Å². The van der Waals surface area contributed by atoms with Gasteiger partial charge in [-0.1, -0.05) is 67.9 Å². The summed E-state index contributed by atoms with van der Waals surface area (Å²) >= 11 is 6.19. The number of nitrogens with one attached hydrogen (secondary N) is 1. The van der Waals surface area contributed by atoms with Gasteiger partial charge in [-0.25, -0.2) is 13.2 Å². The second-order valence-electron chi connectivity index (χ2n) is 8.32. The number of halogens is 1. The highest BCUT2D eigenvalue weighted by molar-refractivity contribution is 7.92. The van der Waals surface area contributed by atoms with E-state index in [0.717, 1.165) is 18.1 Å². The van der Waals surface area contributed by atoms with Crippen LogP contribution < -0.4 is 9.62 Å². The van der Waals surface area contributed by atoms with Crippen molar-refractivity contribution >= 4 is 44.9 Å². The van der Waals surface area contributed by atoms with Crippen LogP contribution in [0.4, 0.5) is 11.4 Å². The van der Waals surface area contributed by atoms with Crippen molar-refractivity contribution in [2.75, 3.05) is 22.8 Å². The van der Waals surface area contributed by atoms with Crippen LogP contribution in [0.3, 0.4) is 0 Å². The summed E-state index contributed by atoms with van der Waals surface area (Å²) in [6.45, 7) is 7.22. The van der Waals surface area contributed by atoms with Gasteiger partial charge >= 0.3 is 5.97 Å². The topological polar surface area (TPSA) is 92.8 Å². The number of nitrogens with zero attached hydrogens (tertiary/aromatic N) is 1. The second-order valence-corrected chi connectivity index (χ2v) is 10.6. The summed E-state index contributed by atoms with van der Waals surface area (Å²) in [4.78, 5) is 25.1. The molecule has 1 amide bonds. The fraction of sp³-hybridized carbons (Fsp3) is 0.214. The minimum atomic E-state index is -4.06. The molecule has 0 aliphatic carbocycles. The maximum Gasteiger partial charge on any atom is 0.340 e. The van der Waals surface area contributed by atoms with E-state index in [1.165, 1.54) is 22.5 Å². The van der Waals surface area contributed by atoms with Gasteiger partial charge in [-0.05, 0) is 54.3 Å². The molecule has 0 aromatic heterocycles. The Balaban J connectivity index is 1.77. The van der Waals surface area contributed by atoms with Crippen molar-refractivity contribution in [1.29, 1.82) is 0 Å². The lowest BCUT2D eigenvalue weighted by Crippen LogP contribution is -2.31. The molecule has 194 valence electrons. The van der Waals surface area contributed by atoms with Gasteiger partial charge in [-0.2, -0.15) is 0 Å². The molecule has 3 aromatic rings. The number of benzene rings is 3. The molecule has 0 aliphatic heterocycles. The molecule has 0 saturated carbocycles. The van der Waals surface area contributed by atoms with Gasteiger partial charge in [-0.15, -0.1) is 6.58 Å². The lowest BCUT2D eigenvalue weighted by atomic mass is 9.97. The van der Waals surface area contributed by atoms with Crippen molar-refractivity contribution in [2.24, 2.45) is 0 Å². The molecule has 7 nitrogen and oxygen atoms in total. The Labute approximate surface area is 222 Å². The Morgan fingerprint density at radius 3 is 2.43 bits per heavy atom. The molecule has 0 radical (unpaired) electrons. The molecule has 0 spiro atoms. The molecule has 0 aliphatic rings. The summed E-state index contributed by atoms with van der Waals surface area (Å²) in [6.07, 6.45) is 2.36. The third-order valence-corrected chi connectivity index (χ3v) is 7.92. The fourth-order valence-corrected chi connectivity index (χ4v) is 5.31. The number of hydrogen-bond donors (Lipinski definition) is 1. The molecule has 1 atom stereocenters. The van der Waals surface area contributed by atoms with Crippen molar-refractivity contribution < 1.29 is 22.7 Å². The zero-order chi connectivity index (χ0) is 27.0. The molecule has 3 rings (SSSR count). The molecule has 0 bridgehead atoms. The molecule has 0 fully saturated rings. The number of carbonyl (C=O) groups excluding carboxylic acids is 2. The zero-order valence-corrected chi connectivity index (χ0v) is 22.3. The highest BCUT2D eigenvalue weighted by atomic mass is 35.5. The van der Waals surface area contributed by atoms with Crippen LogP contribution in [0, 0.1) is 0 Å². The number of sulfonamides is 1. The third-order valence-electron chi connectivity index (χ3n) is 5.80. The van der Waals surface area contributed by atoms with E-state index in [2.05, 4.69) is 25.7 Å². The molecule has 37 heavy (non-hydrogen) atoms. The van der Waals surface area contributed by atoms with Crippen LogP contribution in [0.15, 0.2) is 90.3 Å². The first kappa shape index (κ1) is 28.0. The summed E-state index contributed by atoms with van der Waals surface area (Å²) < 4.78 is 33.2. The monoisotopic (exact) mass is 540 g/mol. The predicted octanol–water partition coefficient (Wildman–Crippen LogP) is 6.03. The molecular weight excluding hydrogens is 512 g/mol. The first-order valence-electron chi connectivity index (χ1n) is 11.7. The van der Waals surface area contributed by atoms with E-state index in [9.17, 15) is 18.0 Å². The SMILES string of the molecule is C=CCN(c1ccccc1)S(=O)(=O)c1ccc(Cl)c(C(=O)OCC(=O)Nc2ccccc2C(C)CC)c1. The molecule has 0 saturated heterocycles. The van der Waals surface area contributed by atoms with Crippen molar-refractivity contribution in [3.8, 4) is 0 Å². The summed E-state index contributed by atoms with van der Waals surface area (Å²) in [5, 5.41) is 2.77. The number of anilines is 2. The van der Waals surface area contributed by atoms with Crippen molar-refractivity contribution in [1.82, 2.24) is 0 Å². The van der Waals surface area contributed by atoms with E-state index in [1.807, 2.05) is 18.2 Å². The summed E-state index contributed by atoms with van der Waals surface area (Å²) in [7, 11) is -4.06. The van der Waals surface area contributed by atoms with Crippen LogP contribution >= 0.6 is 11.6 Å². The van der Waals surface area contributed by atoms with Crippen LogP contribution in [0.1, 0.15) is 42.1 Å². The molecule has 3 aromatic carbocycles. The average molecular weight is 541 g/mol. The molecule has 9 heteroatoms. The minimum Gasteiger partial charge on any atom is -0.452 e. The van der Waals surface area contributed by atoms with Gasteiger partial charge in [0.1, 0.15) is 0 Å². The number of hydrogen-bond acceptors (Lipinski definition) is 5.